The summed E-state index contributed by atoms with van der Waals surface area (Å²) in [4.78, 5) is 19.5. The Balaban J connectivity index is 1.75. The number of fused-ring (bicyclic) bond motifs is 2. The van der Waals surface area contributed by atoms with Gasteiger partial charge in [-0.25, -0.2) is 4.98 Å². The first-order valence-corrected chi connectivity index (χ1v) is 10.3. The largest absolute Gasteiger partial charge is 0.508 e. The molecular weight excluding hydrogens is 452 g/mol. The van der Waals surface area contributed by atoms with Gasteiger partial charge in [0.2, 0.25) is 5.91 Å². The third-order valence-electron chi connectivity index (χ3n) is 6.44. The SMILES string of the molecule is Cc1ccc(N(C)C(=O)[C@@H]2[C@H]3CC[C@H](C3)N2c2cc(C(F)(F)F)cc(C(F)(F)F)n2)cc1O. The summed E-state index contributed by atoms with van der Waals surface area (Å²) in [5, 5.41) is 9.97. The van der Waals surface area contributed by atoms with E-state index in [4.69, 9.17) is 0 Å². The summed E-state index contributed by atoms with van der Waals surface area (Å²) >= 11 is 0. The number of likely N-dealkylation sites (N-methyl/N-ethyl adjacent to an activating group) is 1. The molecule has 1 N–H and O–H groups in total. The molecule has 1 amide bonds. The number of alkyl halides is 6. The van der Waals surface area contributed by atoms with Crippen LogP contribution >= 0.6 is 0 Å². The van der Waals surface area contributed by atoms with Crippen LogP contribution in [0.4, 0.5) is 37.8 Å². The molecule has 5 nitrogen and oxygen atoms in total. The number of hydrogen-bond donors (Lipinski definition) is 1. The van der Waals surface area contributed by atoms with Crippen LogP contribution in [-0.4, -0.2) is 35.1 Å². The summed E-state index contributed by atoms with van der Waals surface area (Å²) in [5.74, 6) is -1.26. The lowest BCUT2D eigenvalue weighted by Gasteiger charge is -2.37. The third kappa shape index (κ3) is 4.20. The van der Waals surface area contributed by atoms with E-state index in [9.17, 15) is 36.2 Å². The highest BCUT2D eigenvalue weighted by molar-refractivity contribution is 5.99. The van der Waals surface area contributed by atoms with Crippen molar-refractivity contribution in [1.29, 1.82) is 0 Å². The van der Waals surface area contributed by atoms with E-state index in [2.05, 4.69) is 4.98 Å². The first-order valence-electron chi connectivity index (χ1n) is 10.3. The average Bonchev–Trinajstić information content (AvgIpc) is 3.34. The number of phenols is 1. The molecule has 2 aromatic rings. The number of rotatable bonds is 3. The number of phenolic OH excluding ortho intramolecular Hbond substituents is 1. The summed E-state index contributed by atoms with van der Waals surface area (Å²) < 4.78 is 80.1. The van der Waals surface area contributed by atoms with E-state index in [0.717, 1.165) is 0 Å². The standard InChI is InChI=1S/C22H21F6N3O2/c1-11-3-5-14(10-16(11)32)30(2)20(33)19-12-4-6-15(7-12)31(19)18-9-13(21(23,24)25)8-17(29-18)22(26,27)28/h3,5,8-10,12,15,19,32H,4,6-7H2,1-2H3/t12-,15+,19-/m0/s1. The van der Waals surface area contributed by atoms with Crippen molar-refractivity contribution in [2.24, 2.45) is 5.92 Å². The number of pyridine rings is 1. The lowest BCUT2D eigenvalue weighted by Crippen LogP contribution is -2.51. The van der Waals surface area contributed by atoms with Crippen LogP contribution in [0.15, 0.2) is 30.3 Å². The average molecular weight is 473 g/mol. The van der Waals surface area contributed by atoms with E-state index in [1.54, 1.807) is 19.1 Å². The van der Waals surface area contributed by atoms with Crippen molar-refractivity contribution in [3.8, 4) is 5.75 Å². The van der Waals surface area contributed by atoms with Crippen LogP contribution in [-0.2, 0) is 17.1 Å². The van der Waals surface area contributed by atoms with Crippen molar-refractivity contribution in [2.45, 2.75) is 50.6 Å². The van der Waals surface area contributed by atoms with Crippen LogP contribution in [0.25, 0.3) is 0 Å². The van der Waals surface area contributed by atoms with Crippen molar-refractivity contribution >= 4 is 17.4 Å². The van der Waals surface area contributed by atoms with Crippen LogP contribution < -0.4 is 9.80 Å². The van der Waals surface area contributed by atoms with E-state index < -0.39 is 41.4 Å². The fraction of sp³-hybridized carbons (Fsp3) is 0.455. The number of carbonyl (C=O) groups excluding carboxylic acids is 1. The van der Waals surface area contributed by atoms with Gasteiger partial charge in [0.25, 0.3) is 0 Å². The Morgan fingerprint density at radius 3 is 2.39 bits per heavy atom. The Labute approximate surface area is 185 Å². The zero-order valence-electron chi connectivity index (χ0n) is 17.7. The minimum atomic E-state index is -5.08. The molecule has 1 aromatic carbocycles. The Bertz CT molecular complexity index is 1050. The Hall–Kier alpha value is -2.98. The molecule has 1 aliphatic carbocycles. The molecule has 2 heterocycles. The molecule has 4 rings (SSSR count). The molecule has 2 bridgehead atoms. The fourth-order valence-corrected chi connectivity index (χ4v) is 4.72. The molecule has 0 spiro atoms. The predicted octanol–water partition coefficient (Wildman–Crippen LogP) is 5.15. The lowest BCUT2D eigenvalue weighted by atomic mass is 9.97. The normalized spacial score (nSPS) is 22.7. The summed E-state index contributed by atoms with van der Waals surface area (Å²) in [6, 6.07) is 3.81. The van der Waals surface area contributed by atoms with Gasteiger partial charge in [0.15, 0.2) is 0 Å². The number of piperidine rings is 1. The smallest absolute Gasteiger partial charge is 0.433 e. The second kappa shape index (κ2) is 7.81. The molecular formula is C22H21F6N3O2. The van der Waals surface area contributed by atoms with Crippen molar-refractivity contribution < 1.29 is 36.2 Å². The summed E-state index contributed by atoms with van der Waals surface area (Å²) in [7, 11) is 1.46. The van der Waals surface area contributed by atoms with E-state index >= 15 is 0 Å². The number of aromatic nitrogens is 1. The Kier molecular flexibility index (Phi) is 5.49. The van der Waals surface area contributed by atoms with Gasteiger partial charge >= 0.3 is 12.4 Å². The molecule has 1 saturated carbocycles. The number of benzene rings is 1. The van der Waals surface area contributed by atoms with Gasteiger partial charge in [-0.1, -0.05) is 6.07 Å². The molecule has 0 unspecified atom stereocenters. The maximum absolute atomic E-state index is 13.4. The van der Waals surface area contributed by atoms with Crippen molar-refractivity contribution in [2.75, 3.05) is 16.8 Å². The van der Waals surface area contributed by atoms with Crippen LogP contribution in [0.1, 0.15) is 36.1 Å². The molecule has 2 aliphatic rings. The van der Waals surface area contributed by atoms with Gasteiger partial charge in [-0.2, -0.15) is 26.3 Å². The number of amides is 1. The summed E-state index contributed by atoms with van der Waals surface area (Å²) in [6.45, 7) is 1.68. The molecule has 2 fully saturated rings. The first-order chi connectivity index (χ1) is 15.3. The second-order valence-corrected chi connectivity index (χ2v) is 8.54. The number of nitrogens with zero attached hydrogens (tertiary/aromatic N) is 3. The fourth-order valence-electron chi connectivity index (χ4n) is 4.72. The number of carbonyl (C=O) groups is 1. The molecule has 178 valence electrons. The number of anilines is 2. The molecule has 3 atom stereocenters. The van der Waals surface area contributed by atoms with Crippen molar-refractivity contribution in [3.05, 3.63) is 47.2 Å². The van der Waals surface area contributed by atoms with E-state index in [-0.39, 0.29) is 23.8 Å². The van der Waals surface area contributed by atoms with Gasteiger partial charge < -0.3 is 14.9 Å². The molecule has 0 radical (unpaired) electrons. The number of hydrogen-bond acceptors (Lipinski definition) is 4. The quantitative estimate of drug-likeness (QED) is 0.627. The minimum Gasteiger partial charge on any atom is -0.508 e. The highest BCUT2D eigenvalue weighted by Gasteiger charge is 2.51. The van der Waals surface area contributed by atoms with Gasteiger partial charge in [-0.15, -0.1) is 0 Å². The van der Waals surface area contributed by atoms with Gasteiger partial charge in [-0.3, -0.25) is 4.79 Å². The summed E-state index contributed by atoms with van der Waals surface area (Å²) in [5.41, 5.74) is -2.17. The van der Waals surface area contributed by atoms with E-state index in [1.807, 2.05) is 0 Å². The molecule has 33 heavy (non-hydrogen) atoms. The van der Waals surface area contributed by atoms with Gasteiger partial charge in [0.1, 0.15) is 23.3 Å². The highest BCUT2D eigenvalue weighted by Crippen LogP contribution is 2.47. The van der Waals surface area contributed by atoms with E-state index in [0.29, 0.717) is 36.6 Å². The number of aryl methyl sites for hydroxylation is 1. The maximum atomic E-state index is 13.4. The monoisotopic (exact) mass is 473 g/mol. The Morgan fingerprint density at radius 1 is 1.09 bits per heavy atom. The van der Waals surface area contributed by atoms with Crippen LogP contribution in [0.3, 0.4) is 0 Å². The molecule has 1 aliphatic heterocycles. The van der Waals surface area contributed by atoms with E-state index in [1.165, 1.54) is 22.9 Å². The maximum Gasteiger partial charge on any atom is 0.433 e. The van der Waals surface area contributed by atoms with Crippen molar-refractivity contribution in [1.82, 2.24) is 4.98 Å². The minimum absolute atomic E-state index is 0.0180. The van der Waals surface area contributed by atoms with Crippen molar-refractivity contribution in [3.63, 3.8) is 0 Å². The molecule has 11 heteroatoms. The second-order valence-electron chi connectivity index (χ2n) is 8.54. The predicted molar refractivity (Wildman–Crippen MR) is 108 cm³/mol. The number of aromatic hydroxyl groups is 1. The summed E-state index contributed by atoms with van der Waals surface area (Å²) in [6.07, 6.45) is -8.43. The highest BCUT2D eigenvalue weighted by atomic mass is 19.4. The molecule has 1 aromatic heterocycles. The first kappa shape index (κ1) is 23.2. The van der Waals surface area contributed by atoms with Gasteiger partial charge in [0, 0.05) is 24.8 Å². The van der Waals surface area contributed by atoms with Crippen LogP contribution in [0.2, 0.25) is 0 Å². The lowest BCUT2D eigenvalue weighted by molar-refractivity contribution is -0.145. The number of halogens is 6. The van der Waals surface area contributed by atoms with Crippen LogP contribution in [0, 0.1) is 12.8 Å². The topological polar surface area (TPSA) is 56.7 Å². The van der Waals surface area contributed by atoms with Gasteiger partial charge in [0.05, 0.1) is 5.56 Å². The van der Waals surface area contributed by atoms with Crippen LogP contribution in [0.5, 0.6) is 5.75 Å². The van der Waals surface area contributed by atoms with Gasteiger partial charge in [-0.05, 0) is 55.9 Å². The zero-order valence-corrected chi connectivity index (χ0v) is 17.7. The third-order valence-corrected chi connectivity index (χ3v) is 6.44. The Morgan fingerprint density at radius 2 is 1.79 bits per heavy atom. The zero-order chi connectivity index (χ0) is 24.3. The molecule has 1 saturated heterocycles.